The molecule has 0 aromatic carbocycles. The van der Waals surface area contributed by atoms with Gasteiger partial charge in [0, 0.05) is 49.7 Å². The number of thiazole rings is 1. The molecule has 2 heterocycles. The summed E-state index contributed by atoms with van der Waals surface area (Å²) >= 11 is 1.80. The molecule has 0 aliphatic carbocycles. The summed E-state index contributed by atoms with van der Waals surface area (Å²) < 4.78 is 0. The number of rotatable bonds is 4. The molecule has 0 radical (unpaired) electrons. The fourth-order valence-corrected chi connectivity index (χ4v) is 2.95. The molecule has 2 rings (SSSR count). The molecule has 0 spiro atoms. The summed E-state index contributed by atoms with van der Waals surface area (Å²) in [6, 6.07) is 0.686. The first-order valence-electron chi connectivity index (χ1n) is 6.11. The minimum atomic E-state index is 0.686. The van der Waals surface area contributed by atoms with E-state index in [-0.39, 0.29) is 0 Å². The van der Waals surface area contributed by atoms with E-state index in [1.807, 2.05) is 0 Å². The molecule has 1 aromatic rings. The maximum Gasteiger partial charge on any atom is 0.0928 e. The average Bonchev–Trinajstić information content (AvgIpc) is 2.73. The van der Waals surface area contributed by atoms with Gasteiger partial charge in [0.1, 0.15) is 0 Å². The van der Waals surface area contributed by atoms with E-state index >= 15 is 0 Å². The monoisotopic (exact) mass is 239 g/mol. The molecule has 0 saturated carbocycles. The van der Waals surface area contributed by atoms with Crippen LogP contribution >= 0.6 is 11.3 Å². The van der Waals surface area contributed by atoms with Crippen LogP contribution in [-0.2, 0) is 6.42 Å². The molecule has 4 heteroatoms. The zero-order chi connectivity index (χ0) is 11.4. The summed E-state index contributed by atoms with van der Waals surface area (Å²) in [4.78, 5) is 7.10. The highest BCUT2D eigenvalue weighted by Gasteiger charge is 2.16. The normalized spacial score (nSPS) is 19.9. The molecule has 1 N–H and O–H groups in total. The SMILES string of the molecule is Cc1csc(CCC(C)N2CCNCC2)n1. The molecule has 1 aromatic heterocycles. The van der Waals surface area contributed by atoms with E-state index in [0.29, 0.717) is 6.04 Å². The van der Waals surface area contributed by atoms with Gasteiger partial charge in [-0.2, -0.15) is 0 Å². The van der Waals surface area contributed by atoms with Crippen molar-refractivity contribution < 1.29 is 0 Å². The van der Waals surface area contributed by atoms with Crippen LogP contribution in [0.5, 0.6) is 0 Å². The third-order valence-electron chi connectivity index (χ3n) is 3.22. The predicted octanol–water partition coefficient (Wildman–Crippen LogP) is 1.68. The number of nitrogens with zero attached hydrogens (tertiary/aromatic N) is 2. The number of hydrogen-bond acceptors (Lipinski definition) is 4. The molecule has 1 atom stereocenters. The van der Waals surface area contributed by atoms with Gasteiger partial charge < -0.3 is 5.32 Å². The van der Waals surface area contributed by atoms with Gasteiger partial charge in [-0.3, -0.25) is 4.90 Å². The van der Waals surface area contributed by atoms with E-state index in [9.17, 15) is 0 Å². The Morgan fingerprint density at radius 1 is 1.50 bits per heavy atom. The standard InChI is InChI=1S/C12H21N3S/c1-10-9-16-12(14-10)4-3-11(2)15-7-5-13-6-8-15/h9,11,13H,3-8H2,1-2H3. The Balaban J connectivity index is 1.76. The maximum absolute atomic E-state index is 4.52. The molecule has 0 bridgehead atoms. The minimum absolute atomic E-state index is 0.686. The van der Waals surface area contributed by atoms with Crippen LogP contribution in [0.1, 0.15) is 24.0 Å². The second-order valence-corrected chi connectivity index (χ2v) is 5.50. The number of aryl methyl sites for hydroxylation is 2. The number of aromatic nitrogens is 1. The van der Waals surface area contributed by atoms with Crippen molar-refractivity contribution in [1.29, 1.82) is 0 Å². The van der Waals surface area contributed by atoms with Crippen LogP contribution < -0.4 is 5.32 Å². The van der Waals surface area contributed by atoms with Crippen molar-refractivity contribution in [2.75, 3.05) is 26.2 Å². The zero-order valence-electron chi connectivity index (χ0n) is 10.2. The lowest BCUT2D eigenvalue weighted by Crippen LogP contribution is -2.47. The van der Waals surface area contributed by atoms with Crippen LogP contribution in [0.2, 0.25) is 0 Å². The van der Waals surface area contributed by atoms with Crippen LogP contribution in [0, 0.1) is 6.92 Å². The summed E-state index contributed by atoms with van der Waals surface area (Å²) in [5.41, 5.74) is 1.16. The van der Waals surface area contributed by atoms with Gasteiger partial charge in [0.05, 0.1) is 5.01 Å². The molecule has 16 heavy (non-hydrogen) atoms. The number of piperazine rings is 1. The van der Waals surface area contributed by atoms with E-state index in [1.165, 1.54) is 24.5 Å². The van der Waals surface area contributed by atoms with Crippen LogP contribution in [0.15, 0.2) is 5.38 Å². The Kier molecular flexibility index (Phi) is 4.32. The van der Waals surface area contributed by atoms with Crippen molar-refractivity contribution in [2.24, 2.45) is 0 Å². The van der Waals surface area contributed by atoms with Crippen molar-refractivity contribution in [2.45, 2.75) is 32.7 Å². The molecule has 1 aliphatic rings. The summed E-state index contributed by atoms with van der Waals surface area (Å²) in [6.45, 7) is 9.07. The third-order valence-corrected chi connectivity index (χ3v) is 4.24. The highest BCUT2D eigenvalue weighted by Crippen LogP contribution is 2.14. The predicted molar refractivity (Wildman–Crippen MR) is 69.1 cm³/mol. The molecule has 1 saturated heterocycles. The maximum atomic E-state index is 4.52. The van der Waals surface area contributed by atoms with Crippen LogP contribution in [0.4, 0.5) is 0 Å². The summed E-state index contributed by atoms with van der Waals surface area (Å²) in [5, 5.41) is 6.83. The topological polar surface area (TPSA) is 28.2 Å². The first kappa shape index (κ1) is 12.0. The van der Waals surface area contributed by atoms with E-state index < -0.39 is 0 Å². The van der Waals surface area contributed by atoms with Crippen molar-refractivity contribution in [3.05, 3.63) is 16.1 Å². The van der Waals surface area contributed by atoms with Gasteiger partial charge in [-0.15, -0.1) is 11.3 Å². The van der Waals surface area contributed by atoms with Crippen LogP contribution in [-0.4, -0.2) is 42.1 Å². The Bertz CT molecular complexity index is 318. The first-order chi connectivity index (χ1) is 7.75. The van der Waals surface area contributed by atoms with E-state index in [0.717, 1.165) is 25.2 Å². The van der Waals surface area contributed by atoms with Gasteiger partial charge in [-0.1, -0.05) is 0 Å². The highest BCUT2D eigenvalue weighted by molar-refractivity contribution is 7.09. The fraction of sp³-hybridized carbons (Fsp3) is 0.750. The Morgan fingerprint density at radius 3 is 2.88 bits per heavy atom. The van der Waals surface area contributed by atoms with E-state index in [4.69, 9.17) is 0 Å². The second-order valence-electron chi connectivity index (χ2n) is 4.56. The molecule has 1 unspecified atom stereocenters. The quantitative estimate of drug-likeness (QED) is 0.866. The Labute approximate surface area is 102 Å². The minimum Gasteiger partial charge on any atom is -0.314 e. The van der Waals surface area contributed by atoms with Gasteiger partial charge in [-0.25, -0.2) is 4.98 Å². The molecule has 0 amide bonds. The Hall–Kier alpha value is -0.450. The summed E-state index contributed by atoms with van der Waals surface area (Å²) in [6.07, 6.45) is 2.36. The van der Waals surface area contributed by atoms with Gasteiger partial charge >= 0.3 is 0 Å². The third kappa shape index (κ3) is 3.27. The molecule has 3 nitrogen and oxygen atoms in total. The van der Waals surface area contributed by atoms with Crippen LogP contribution in [0.3, 0.4) is 0 Å². The lowest BCUT2D eigenvalue weighted by Gasteiger charge is -2.32. The van der Waals surface area contributed by atoms with Crippen molar-refractivity contribution in [3.63, 3.8) is 0 Å². The van der Waals surface area contributed by atoms with Crippen molar-refractivity contribution in [1.82, 2.24) is 15.2 Å². The van der Waals surface area contributed by atoms with Crippen molar-refractivity contribution >= 4 is 11.3 Å². The largest absolute Gasteiger partial charge is 0.314 e. The van der Waals surface area contributed by atoms with Gasteiger partial charge in [0.2, 0.25) is 0 Å². The second kappa shape index (κ2) is 5.75. The smallest absolute Gasteiger partial charge is 0.0928 e. The zero-order valence-corrected chi connectivity index (χ0v) is 11.0. The molecule has 90 valence electrons. The molecule has 1 aliphatic heterocycles. The number of hydrogen-bond donors (Lipinski definition) is 1. The van der Waals surface area contributed by atoms with E-state index in [1.54, 1.807) is 11.3 Å². The fourth-order valence-electron chi connectivity index (χ4n) is 2.16. The number of nitrogens with one attached hydrogen (secondary N) is 1. The first-order valence-corrected chi connectivity index (χ1v) is 6.99. The van der Waals surface area contributed by atoms with E-state index in [2.05, 4.69) is 34.4 Å². The molecule has 1 fully saturated rings. The van der Waals surface area contributed by atoms with Crippen molar-refractivity contribution in [3.8, 4) is 0 Å². The highest BCUT2D eigenvalue weighted by atomic mass is 32.1. The average molecular weight is 239 g/mol. The van der Waals surface area contributed by atoms with Gasteiger partial charge in [0.25, 0.3) is 0 Å². The van der Waals surface area contributed by atoms with Gasteiger partial charge in [-0.05, 0) is 20.3 Å². The van der Waals surface area contributed by atoms with Crippen LogP contribution in [0.25, 0.3) is 0 Å². The van der Waals surface area contributed by atoms with Gasteiger partial charge in [0.15, 0.2) is 0 Å². The summed E-state index contributed by atoms with van der Waals surface area (Å²) in [7, 11) is 0. The molecular formula is C12H21N3S. The lowest BCUT2D eigenvalue weighted by atomic mass is 10.1. The lowest BCUT2D eigenvalue weighted by molar-refractivity contribution is 0.177. The Morgan fingerprint density at radius 2 is 2.25 bits per heavy atom. The summed E-state index contributed by atoms with van der Waals surface area (Å²) in [5.74, 6) is 0. The molecular weight excluding hydrogens is 218 g/mol.